The van der Waals surface area contributed by atoms with Crippen LogP contribution in [-0.2, 0) is 7.05 Å². The molecule has 1 aromatic carbocycles. The monoisotopic (exact) mass is 329 g/mol. The number of benzene rings is 1. The molecule has 0 saturated heterocycles. The molecule has 2 aromatic heterocycles. The van der Waals surface area contributed by atoms with Crippen molar-refractivity contribution < 1.29 is 16.8 Å². The maximum absolute atomic E-state index is 5.97. The SMILES string of the molecule is CN(C)/N=C(/N)c1ccc(-c2c[n+]3ccccc3n2C)cc1.[Cl-]. The molecule has 3 rings (SSSR count). The van der Waals surface area contributed by atoms with Crippen LogP contribution < -0.4 is 22.5 Å². The lowest BCUT2D eigenvalue weighted by Gasteiger charge is -2.07. The summed E-state index contributed by atoms with van der Waals surface area (Å²) in [5.41, 5.74) is 10.3. The summed E-state index contributed by atoms with van der Waals surface area (Å²) in [4.78, 5) is 0. The molecule has 3 aromatic rings. The van der Waals surface area contributed by atoms with Crippen LogP contribution in [0.5, 0.6) is 0 Å². The number of rotatable bonds is 3. The summed E-state index contributed by atoms with van der Waals surface area (Å²) in [5.74, 6) is 0.517. The number of fused-ring (bicyclic) bond motifs is 1. The van der Waals surface area contributed by atoms with E-state index < -0.39 is 0 Å². The number of aromatic nitrogens is 2. The summed E-state index contributed by atoms with van der Waals surface area (Å²) in [6.07, 6.45) is 4.18. The molecule has 0 spiro atoms. The van der Waals surface area contributed by atoms with Gasteiger partial charge in [0.1, 0.15) is 6.20 Å². The molecule has 0 unspecified atom stereocenters. The molecule has 23 heavy (non-hydrogen) atoms. The number of nitrogens with two attached hydrogens (primary N) is 1. The maximum Gasteiger partial charge on any atom is 0.286 e. The number of hydrogen-bond acceptors (Lipinski definition) is 2. The Labute approximate surface area is 142 Å². The third kappa shape index (κ3) is 3.29. The summed E-state index contributed by atoms with van der Waals surface area (Å²) in [5, 5.41) is 5.92. The number of pyridine rings is 1. The molecule has 0 aliphatic rings. The Morgan fingerprint density at radius 1 is 1.13 bits per heavy atom. The van der Waals surface area contributed by atoms with Crippen LogP contribution in [0.25, 0.3) is 16.9 Å². The van der Waals surface area contributed by atoms with Crippen LogP contribution in [0.1, 0.15) is 5.56 Å². The third-order valence-corrected chi connectivity index (χ3v) is 3.62. The molecule has 0 bridgehead atoms. The van der Waals surface area contributed by atoms with Gasteiger partial charge < -0.3 is 23.1 Å². The van der Waals surface area contributed by atoms with Crippen molar-refractivity contribution >= 4 is 11.5 Å². The Morgan fingerprint density at radius 2 is 1.83 bits per heavy atom. The zero-order chi connectivity index (χ0) is 15.7. The maximum atomic E-state index is 5.97. The van der Waals surface area contributed by atoms with Gasteiger partial charge in [-0.05, 0) is 18.2 Å². The van der Waals surface area contributed by atoms with E-state index in [9.17, 15) is 0 Å². The first-order valence-electron chi connectivity index (χ1n) is 7.14. The molecule has 2 N–H and O–H groups in total. The Balaban J connectivity index is 0.00000192. The Bertz CT molecular complexity index is 834. The van der Waals surface area contributed by atoms with Gasteiger partial charge in [-0.25, -0.2) is 8.97 Å². The highest BCUT2D eigenvalue weighted by atomic mass is 35.5. The molecule has 0 amide bonds. The molecule has 0 atom stereocenters. The molecule has 6 heteroatoms. The highest BCUT2D eigenvalue weighted by Crippen LogP contribution is 2.20. The van der Waals surface area contributed by atoms with Crippen molar-refractivity contribution in [2.75, 3.05) is 14.1 Å². The zero-order valence-electron chi connectivity index (χ0n) is 13.4. The normalized spacial score (nSPS) is 11.3. The lowest BCUT2D eigenvalue weighted by Crippen LogP contribution is -3.00. The van der Waals surface area contributed by atoms with Crippen molar-refractivity contribution in [2.45, 2.75) is 0 Å². The van der Waals surface area contributed by atoms with Crippen LogP contribution in [0.3, 0.4) is 0 Å². The smallest absolute Gasteiger partial charge is 0.286 e. The number of nitrogens with zero attached hydrogens (tertiary/aromatic N) is 4. The lowest BCUT2D eigenvalue weighted by molar-refractivity contribution is -0.510. The van der Waals surface area contributed by atoms with Crippen LogP contribution in [0.4, 0.5) is 0 Å². The van der Waals surface area contributed by atoms with Gasteiger partial charge in [0.2, 0.25) is 0 Å². The zero-order valence-corrected chi connectivity index (χ0v) is 14.2. The number of hydrogen-bond donors (Lipinski definition) is 1. The first-order chi connectivity index (χ1) is 10.6. The second-order valence-corrected chi connectivity index (χ2v) is 5.45. The first kappa shape index (κ1) is 16.8. The van der Waals surface area contributed by atoms with Crippen molar-refractivity contribution in [1.29, 1.82) is 0 Å². The largest absolute Gasteiger partial charge is 1.00 e. The summed E-state index contributed by atoms with van der Waals surface area (Å²) in [7, 11) is 5.78. The van der Waals surface area contributed by atoms with Crippen molar-refractivity contribution in [3.63, 3.8) is 0 Å². The van der Waals surface area contributed by atoms with Crippen LogP contribution in [-0.4, -0.2) is 29.5 Å². The summed E-state index contributed by atoms with van der Waals surface area (Å²) in [6, 6.07) is 14.3. The molecule has 2 heterocycles. The van der Waals surface area contributed by atoms with E-state index >= 15 is 0 Å². The molecule has 0 saturated carbocycles. The number of amidine groups is 1. The van der Waals surface area contributed by atoms with Crippen molar-refractivity contribution in [1.82, 2.24) is 9.58 Å². The fourth-order valence-corrected chi connectivity index (χ4v) is 2.54. The van der Waals surface area contributed by atoms with Crippen molar-refractivity contribution in [3.8, 4) is 11.3 Å². The van der Waals surface area contributed by atoms with E-state index in [1.54, 1.807) is 5.01 Å². The van der Waals surface area contributed by atoms with Gasteiger partial charge >= 0.3 is 0 Å². The standard InChI is InChI=1S/C17H20N5.ClH/c1-20(2)19-17(18)14-9-7-13(8-10-14)15-12-22-11-5-4-6-16(22)21(15)3;/h4-12H,1-3H3,(H2,18,19);1H/q+1;/p-1. The second-order valence-electron chi connectivity index (χ2n) is 5.45. The van der Waals surface area contributed by atoms with E-state index in [4.69, 9.17) is 5.73 Å². The fourth-order valence-electron chi connectivity index (χ4n) is 2.54. The number of aryl methyl sites for hydroxylation is 1. The topological polar surface area (TPSA) is 50.6 Å². The predicted molar refractivity (Wildman–Crippen MR) is 88.4 cm³/mol. The molecule has 0 aliphatic heterocycles. The minimum Gasteiger partial charge on any atom is -1.00 e. The number of imidazole rings is 1. The first-order valence-corrected chi connectivity index (χ1v) is 7.14. The van der Waals surface area contributed by atoms with E-state index in [1.807, 2.05) is 38.4 Å². The van der Waals surface area contributed by atoms with Crippen LogP contribution in [0.15, 0.2) is 60.0 Å². The van der Waals surface area contributed by atoms with Crippen LogP contribution in [0.2, 0.25) is 0 Å². The summed E-state index contributed by atoms with van der Waals surface area (Å²) in [6.45, 7) is 0. The van der Waals surface area contributed by atoms with E-state index in [0.29, 0.717) is 5.84 Å². The van der Waals surface area contributed by atoms with Crippen molar-refractivity contribution in [2.24, 2.45) is 17.9 Å². The fraction of sp³-hybridized carbons (Fsp3) is 0.176. The lowest BCUT2D eigenvalue weighted by atomic mass is 10.1. The van der Waals surface area contributed by atoms with Gasteiger partial charge in [0.25, 0.3) is 5.65 Å². The highest BCUT2D eigenvalue weighted by Gasteiger charge is 2.15. The molecule has 0 fully saturated rings. The van der Waals surface area contributed by atoms with Gasteiger partial charge in [-0.15, -0.1) is 0 Å². The number of hydrazone groups is 1. The van der Waals surface area contributed by atoms with Gasteiger partial charge in [-0.3, -0.25) is 0 Å². The Hall–Kier alpha value is -2.53. The second kappa shape index (κ2) is 6.71. The molecule has 120 valence electrons. The third-order valence-electron chi connectivity index (χ3n) is 3.62. The molecule has 0 radical (unpaired) electrons. The van der Waals surface area contributed by atoms with Gasteiger partial charge in [0.05, 0.1) is 13.2 Å². The van der Waals surface area contributed by atoms with E-state index in [0.717, 1.165) is 22.5 Å². The molecule has 5 nitrogen and oxygen atoms in total. The predicted octanol–water partition coefficient (Wildman–Crippen LogP) is -1.38. The van der Waals surface area contributed by atoms with Gasteiger partial charge in [0.15, 0.2) is 11.5 Å². The van der Waals surface area contributed by atoms with Gasteiger partial charge in [-0.1, -0.05) is 18.2 Å². The quantitative estimate of drug-likeness (QED) is 0.279. The Kier molecular flexibility index (Phi) is 4.91. The van der Waals surface area contributed by atoms with Gasteiger partial charge in [-0.2, -0.15) is 5.10 Å². The minimum absolute atomic E-state index is 0. The number of halogens is 1. The highest BCUT2D eigenvalue weighted by molar-refractivity contribution is 5.97. The average Bonchev–Trinajstić information content (AvgIpc) is 2.84. The van der Waals surface area contributed by atoms with Crippen LogP contribution >= 0.6 is 0 Å². The minimum atomic E-state index is 0. The van der Waals surface area contributed by atoms with Crippen LogP contribution in [0, 0.1) is 0 Å². The average molecular weight is 330 g/mol. The molecule has 0 aliphatic carbocycles. The van der Waals surface area contributed by atoms with Crippen molar-refractivity contribution in [3.05, 3.63) is 60.4 Å². The molecular weight excluding hydrogens is 310 g/mol. The summed E-state index contributed by atoms with van der Waals surface area (Å²) < 4.78 is 4.29. The molecular formula is C17H20ClN5. The van der Waals surface area contributed by atoms with Gasteiger partial charge in [0, 0.05) is 31.3 Å². The summed E-state index contributed by atoms with van der Waals surface area (Å²) >= 11 is 0. The van der Waals surface area contributed by atoms with E-state index in [2.05, 4.69) is 51.7 Å². The van der Waals surface area contributed by atoms with E-state index in [-0.39, 0.29) is 12.4 Å². The Morgan fingerprint density at radius 3 is 2.43 bits per heavy atom. The van der Waals surface area contributed by atoms with E-state index in [1.165, 1.54) is 0 Å².